The zero-order valence-corrected chi connectivity index (χ0v) is 16.2. The van der Waals surface area contributed by atoms with Crippen LogP contribution < -0.4 is 11.5 Å². The Morgan fingerprint density at radius 1 is 0.500 bits per heavy atom. The van der Waals surface area contributed by atoms with Gasteiger partial charge in [-0.1, -0.05) is 36.4 Å². The number of rotatable bonds is 4. The second-order valence-electron chi connectivity index (χ2n) is 7.30. The van der Waals surface area contributed by atoms with Gasteiger partial charge in [0.1, 0.15) is 0 Å². The molecule has 3 aromatic rings. The summed E-state index contributed by atoms with van der Waals surface area (Å²) < 4.78 is 0. The van der Waals surface area contributed by atoms with E-state index in [1.54, 1.807) is 0 Å². The maximum atomic E-state index is 6.00. The molecule has 0 atom stereocenters. The fourth-order valence-electron chi connectivity index (χ4n) is 3.39. The van der Waals surface area contributed by atoms with Crippen molar-refractivity contribution in [3.05, 3.63) is 93.0 Å². The van der Waals surface area contributed by atoms with Crippen LogP contribution in [-0.4, -0.2) is 0 Å². The third-order valence-corrected chi connectivity index (χ3v) is 5.69. The Balaban J connectivity index is 1.77. The Hall–Kier alpha value is -2.74. The van der Waals surface area contributed by atoms with Gasteiger partial charge < -0.3 is 11.5 Å². The molecule has 0 unspecified atom stereocenters. The summed E-state index contributed by atoms with van der Waals surface area (Å²) in [6.07, 6.45) is 1.88. The van der Waals surface area contributed by atoms with Crippen LogP contribution in [0.1, 0.15) is 44.5 Å². The summed E-state index contributed by atoms with van der Waals surface area (Å²) in [6.45, 7) is 8.49. The molecule has 2 nitrogen and oxygen atoms in total. The van der Waals surface area contributed by atoms with Crippen molar-refractivity contribution in [2.24, 2.45) is 0 Å². The number of anilines is 2. The van der Waals surface area contributed by atoms with Crippen molar-refractivity contribution in [3.8, 4) is 0 Å². The van der Waals surface area contributed by atoms with Gasteiger partial charge in [-0.25, -0.2) is 0 Å². The first-order valence-corrected chi connectivity index (χ1v) is 9.13. The van der Waals surface area contributed by atoms with Crippen LogP contribution in [0.3, 0.4) is 0 Å². The molecular formula is C24H28N2. The van der Waals surface area contributed by atoms with Crippen molar-refractivity contribution in [1.82, 2.24) is 0 Å². The van der Waals surface area contributed by atoms with Crippen LogP contribution in [0.5, 0.6) is 0 Å². The first-order valence-electron chi connectivity index (χ1n) is 9.13. The van der Waals surface area contributed by atoms with E-state index in [-0.39, 0.29) is 0 Å². The lowest BCUT2D eigenvalue weighted by Gasteiger charge is -2.13. The van der Waals surface area contributed by atoms with Crippen LogP contribution in [0.25, 0.3) is 0 Å². The van der Waals surface area contributed by atoms with E-state index in [1.807, 2.05) is 12.1 Å². The minimum atomic E-state index is 0.871. The van der Waals surface area contributed by atoms with Crippen molar-refractivity contribution < 1.29 is 0 Å². The summed E-state index contributed by atoms with van der Waals surface area (Å²) in [5.74, 6) is 0. The van der Waals surface area contributed by atoms with Crippen molar-refractivity contribution in [1.29, 1.82) is 0 Å². The Morgan fingerprint density at radius 3 is 1.19 bits per heavy atom. The van der Waals surface area contributed by atoms with Gasteiger partial charge >= 0.3 is 0 Å². The molecule has 0 aromatic heterocycles. The molecule has 0 radical (unpaired) electrons. The number of benzene rings is 3. The number of hydrogen-bond donors (Lipinski definition) is 2. The SMILES string of the molecule is Cc1c(N)ccc(Cc2ccc(Cc3ccc(N)c(C)c3C)cc2)c1C. The Labute approximate surface area is 156 Å². The minimum absolute atomic E-state index is 0.871. The van der Waals surface area contributed by atoms with Gasteiger partial charge in [0, 0.05) is 11.4 Å². The van der Waals surface area contributed by atoms with Crippen molar-refractivity contribution in [3.63, 3.8) is 0 Å². The molecule has 3 aromatic carbocycles. The topological polar surface area (TPSA) is 52.0 Å². The molecule has 134 valence electrons. The molecule has 0 saturated heterocycles. The van der Waals surface area contributed by atoms with E-state index in [9.17, 15) is 0 Å². The van der Waals surface area contributed by atoms with Crippen molar-refractivity contribution in [2.75, 3.05) is 11.5 Å². The second-order valence-corrected chi connectivity index (χ2v) is 7.30. The van der Waals surface area contributed by atoms with E-state index in [0.717, 1.165) is 24.2 Å². The highest BCUT2D eigenvalue weighted by Gasteiger charge is 2.07. The highest BCUT2D eigenvalue weighted by Crippen LogP contribution is 2.24. The van der Waals surface area contributed by atoms with Gasteiger partial charge in [0.25, 0.3) is 0 Å². The van der Waals surface area contributed by atoms with Gasteiger partial charge in [0.2, 0.25) is 0 Å². The summed E-state index contributed by atoms with van der Waals surface area (Å²) in [6, 6.07) is 17.3. The number of nitrogen functional groups attached to an aromatic ring is 2. The molecule has 2 heteroatoms. The molecule has 0 spiro atoms. The van der Waals surface area contributed by atoms with E-state index in [1.165, 1.54) is 44.5 Å². The summed E-state index contributed by atoms with van der Waals surface area (Å²) in [7, 11) is 0. The van der Waals surface area contributed by atoms with Crippen LogP contribution in [0, 0.1) is 27.7 Å². The van der Waals surface area contributed by atoms with E-state index < -0.39 is 0 Å². The molecule has 0 bridgehead atoms. The number of hydrogen-bond acceptors (Lipinski definition) is 2. The highest BCUT2D eigenvalue weighted by molar-refractivity contribution is 5.54. The third kappa shape index (κ3) is 3.60. The summed E-state index contributed by atoms with van der Waals surface area (Å²) >= 11 is 0. The zero-order chi connectivity index (χ0) is 18.8. The molecule has 0 aliphatic carbocycles. The molecule has 4 N–H and O–H groups in total. The van der Waals surface area contributed by atoms with Gasteiger partial charge in [0.15, 0.2) is 0 Å². The lowest BCUT2D eigenvalue weighted by Crippen LogP contribution is -2.00. The second kappa shape index (κ2) is 7.25. The monoisotopic (exact) mass is 344 g/mol. The quantitative estimate of drug-likeness (QED) is 0.634. The molecule has 0 amide bonds. The Morgan fingerprint density at radius 2 is 0.846 bits per heavy atom. The first kappa shape index (κ1) is 18.1. The average molecular weight is 345 g/mol. The molecule has 0 heterocycles. The summed E-state index contributed by atoms with van der Waals surface area (Å²) in [5.41, 5.74) is 24.0. The highest BCUT2D eigenvalue weighted by atomic mass is 14.6. The van der Waals surface area contributed by atoms with E-state index in [0.29, 0.717) is 0 Å². The van der Waals surface area contributed by atoms with Gasteiger partial charge in [0.05, 0.1) is 0 Å². The van der Waals surface area contributed by atoms with E-state index in [2.05, 4.69) is 64.1 Å². The smallest absolute Gasteiger partial charge is 0.0346 e. The zero-order valence-electron chi connectivity index (χ0n) is 16.2. The minimum Gasteiger partial charge on any atom is -0.399 e. The van der Waals surface area contributed by atoms with Gasteiger partial charge in [-0.2, -0.15) is 0 Å². The Kier molecular flexibility index (Phi) is 5.03. The van der Waals surface area contributed by atoms with E-state index in [4.69, 9.17) is 11.5 Å². The third-order valence-electron chi connectivity index (χ3n) is 5.69. The van der Waals surface area contributed by atoms with Crippen molar-refractivity contribution >= 4 is 11.4 Å². The molecule has 0 aliphatic heterocycles. The van der Waals surface area contributed by atoms with Crippen LogP contribution in [0.4, 0.5) is 11.4 Å². The molecule has 0 saturated carbocycles. The normalized spacial score (nSPS) is 10.9. The summed E-state index contributed by atoms with van der Waals surface area (Å²) in [5, 5.41) is 0. The maximum absolute atomic E-state index is 6.00. The van der Waals surface area contributed by atoms with Gasteiger partial charge in [-0.3, -0.25) is 0 Å². The largest absolute Gasteiger partial charge is 0.399 e. The van der Waals surface area contributed by atoms with Crippen LogP contribution in [0.15, 0.2) is 48.5 Å². The number of nitrogens with two attached hydrogens (primary N) is 2. The molecule has 3 rings (SSSR count). The Bertz CT molecular complexity index is 859. The molecular weight excluding hydrogens is 316 g/mol. The predicted octanol–water partition coefficient (Wildman–Crippen LogP) is 5.27. The fourth-order valence-corrected chi connectivity index (χ4v) is 3.39. The molecule has 0 aliphatic rings. The average Bonchev–Trinajstić information content (AvgIpc) is 2.64. The fraction of sp³-hybridized carbons (Fsp3) is 0.250. The lowest BCUT2D eigenvalue weighted by molar-refractivity contribution is 1.11. The predicted molar refractivity (Wildman–Crippen MR) is 113 cm³/mol. The van der Waals surface area contributed by atoms with Crippen molar-refractivity contribution in [2.45, 2.75) is 40.5 Å². The maximum Gasteiger partial charge on any atom is 0.0346 e. The molecule has 26 heavy (non-hydrogen) atoms. The van der Waals surface area contributed by atoms with E-state index >= 15 is 0 Å². The molecule has 0 fully saturated rings. The van der Waals surface area contributed by atoms with Gasteiger partial charge in [-0.05, 0) is 97.2 Å². The van der Waals surface area contributed by atoms with Crippen LogP contribution in [0.2, 0.25) is 0 Å². The standard InChI is InChI=1S/C24H28N2/c1-15-17(3)23(25)11-9-21(15)13-19-5-7-20(8-6-19)14-22-10-12-24(26)18(4)16(22)2/h5-12H,13-14,25-26H2,1-4H3. The van der Waals surface area contributed by atoms with Crippen LogP contribution in [-0.2, 0) is 12.8 Å². The first-order chi connectivity index (χ1) is 12.4. The van der Waals surface area contributed by atoms with Crippen LogP contribution >= 0.6 is 0 Å². The summed E-state index contributed by atoms with van der Waals surface area (Å²) in [4.78, 5) is 0. The van der Waals surface area contributed by atoms with Gasteiger partial charge in [-0.15, -0.1) is 0 Å². The lowest BCUT2D eigenvalue weighted by atomic mass is 9.94.